The maximum absolute atomic E-state index is 12.6. The molecular formula is C15H20N4O2S. The van der Waals surface area contributed by atoms with Gasteiger partial charge in [0.2, 0.25) is 5.13 Å². The SMILES string of the molecule is CCc1ccc(C2CCCCCN2C(=O)Nc2nncs2)o1. The van der Waals surface area contributed by atoms with Crippen LogP contribution in [0.5, 0.6) is 0 Å². The summed E-state index contributed by atoms with van der Waals surface area (Å²) < 4.78 is 5.90. The molecule has 6 nitrogen and oxygen atoms in total. The van der Waals surface area contributed by atoms with E-state index in [0.29, 0.717) is 5.13 Å². The number of amides is 2. The summed E-state index contributed by atoms with van der Waals surface area (Å²) in [6.45, 7) is 2.80. The third-order valence-electron chi connectivity index (χ3n) is 3.95. The third kappa shape index (κ3) is 3.30. The molecule has 0 aromatic carbocycles. The number of hydrogen-bond donors (Lipinski definition) is 1. The van der Waals surface area contributed by atoms with Crippen molar-refractivity contribution in [2.45, 2.75) is 45.1 Å². The highest BCUT2D eigenvalue weighted by atomic mass is 32.1. The first kappa shape index (κ1) is 15.0. The van der Waals surface area contributed by atoms with Crippen LogP contribution in [0.2, 0.25) is 0 Å². The number of carbonyl (C=O) groups excluding carboxylic acids is 1. The highest BCUT2D eigenvalue weighted by Crippen LogP contribution is 2.32. The van der Waals surface area contributed by atoms with Gasteiger partial charge in [0.15, 0.2) is 0 Å². The van der Waals surface area contributed by atoms with E-state index < -0.39 is 0 Å². The van der Waals surface area contributed by atoms with Crippen molar-refractivity contribution in [1.29, 1.82) is 0 Å². The number of carbonyl (C=O) groups is 1. The Morgan fingerprint density at radius 3 is 3.09 bits per heavy atom. The minimum atomic E-state index is -0.127. The van der Waals surface area contributed by atoms with Crippen molar-refractivity contribution in [1.82, 2.24) is 15.1 Å². The van der Waals surface area contributed by atoms with E-state index in [1.807, 2.05) is 17.0 Å². The van der Waals surface area contributed by atoms with Gasteiger partial charge in [0.25, 0.3) is 0 Å². The van der Waals surface area contributed by atoms with Gasteiger partial charge < -0.3 is 9.32 Å². The van der Waals surface area contributed by atoms with E-state index in [4.69, 9.17) is 4.42 Å². The van der Waals surface area contributed by atoms with Gasteiger partial charge in [0.1, 0.15) is 17.0 Å². The summed E-state index contributed by atoms with van der Waals surface area (Å²) in [6, 6.07) is 3.87. The first-order valence-electron chi connectivity index (χ1n) is 7.70. The lowest BCUT2D eigenvalue weighted by atomic mass is 10.1. The smallest absolute Gasteiger partial charge is 0.324 e. The molecule has 118 valence electrons. The molecule has 2 amide bonds. The summed E-state index contributed by atoms with van der Waals surface area (Å²) in [5, 5.41) is 11.0. The van der Waals surface area contributed by atoms with Gasteiger partial charge in [-0.25, -0.2) is 4.79 Å². The summed E-state index contributed by atoms with van der Waals surface area (Å²) in [5.74, 6) is 1.84. The van der Waals surface area contributed by atoms with Crippen molar-refractivity contribution >= 4 is 22.5 Å². The van der Waals surface area contributed by atoms with Gasteiger partial charge in [-0.1, -0.05) is 31.1 Å². The van der Waals surface area contributed by atoms with Crippen LogP contribution < -0.4 is 5.32 Å². The van der Waals surface area contributed by atoms with E-state index in [2.05, 4.69) is 22.4 Å². The second kappa shape index (κ2) is 6.91. The maximum Gasteiger partial charge on any atom is 0.324 e. The number of anilines is 1. The number of furan rings is 1. The molecule has 0 radical (unpaired) electrons. The number of aromatic nitrogens is 2. The van der Waals surface area contributed by atoms with Crippen molar-refractivity contribution < 1.29 is 9.21 Å². The van der Waals surface area contributed by atoms with Crippen molar-refractivity contribution in [3.8, 4) is 0 Å². The van der Waals surface area contributed by atoms with Gasteiger partial charge in [0, 0.05) is 13.0 Å². The largest absolute Gasteiger partial charge is 0.464 e. The molecule has 1 aliphatic rings. The monoisotopic (exact) mass is 320 g/mol. The molecule has 1 aliphatic heterocycles. The fourth-order valence-electron chi connectivity index (χ4n) is 2.80. The molecule has 3 rings (SSSR count). The molecule has 3 heterocycles. The van der Waals surface area contributed by atoms with E-state index in [1.165, 1.54) is 11.3 Å². The average molecular weight is 320 g/mol. The number of aryl methyl sites for hydroxylation is 1. The Morgan fingerprint density at radius 2 is 2.36 bits per heavy atom. The van der Waals surface area contributed by atoms with Gasteiger partial charge >= 0.3 is 6.03 Å². The van der Waals surface area contributed by atoms with Crippen molar-refractivity contribution in [2.75, 3.05) is 11.9 Å². The van der Waals surface area contributed by atoms with Crippen LogP contribution in [-0.4, -0.2) is 27.7 Å². The molecule has 7 heteroatoms. The molecule has 1 atom stereocenters. The van der Waals surface area contributed by atoms with Gasteiger partial charge in [-0.05, 0) is 25.0 Å². The van der Waals surface area contributed by atoms with Crippen molar-refractivity contribution in [3.05, 3.63) is 29.2 Å². The molecule has 2 aromatic rings. The molecule has 0 aliphatic carbocycles. The van der Waals surface area contributed by atoms with Crippen LogP contribution in [0.4, 0.5) is 9.93 Å². The molecule has 1 N–H and O–H groups in total. The topological polar surface area (TPSA) is 71.3 Å². The van der Waals surface area contributed by atoms with Gasteiger partial charge in [-0.3, -0.25) is 5.32 Å². The Bertz CT molecular complexity index is 611. The molecule has 0 bridgehead atoms. The molecule has 0 spiro atoms. The van der Waals surface area contributed by atoms with Crippen molar-refractivity contribution in [2.24, 2.45) is 0 Å². The number of hydrogen-bond acceptors (Lipinski definition) is 5. The summed E-state index contributed by atoms with van der Waals surface area (Å²) in [5.41, 5.74) is 1.61. The minimum Gasteiger partial charge on any atom is -0.464 e. The fraction of sp³-hybridized carbons (Fsp3) is 0.533. The third-order valence-corrected chi connectivity index (χ3v) is 4.55. The molecule has 0 saturated carbocycles. The first-order valence-corrected chi connectivity index (χ1v) is 8.58. The number of rotatable bonds is 3. The Kier molecular flexibility index (Phi) is 4.72. The van der Waals surface area contributed by atoms with Crippen LogP contribution in [0.1, 0.15) is 50.2 Å². The summed E-state index contributed by atoms with van der Waals surface area (Å²) in [6.07, 6.45) is 5.06. The average Bonchev–Trinajstić information content (AvgIpc) is 3.14. The van der Waals surface area contributed by atoms with Gasteiger partial charge in [0.05, 0.1) is 6.04 Å². The molecule has 1 unspecified atom stereocenters. The Balaban J connectivity index is 1.79. The van der Waals surface area contributed by atoms with Gasteiger partial charge in [-0.2, -0.15) is 0 Å². The number of nitrogens with one attached hydrogen (secondary N) is 1. The van der Waals surface area contributed by atoms with Crippen LogP contribution in [0.15, 0.2) is 22.1 Å². The van der Waals surface area contributed by atoms with Crippen LogP contribution >= 0.6 is 11.3 Å². The molecule has 22 heavy (non-hydrogen) atoms. The minimum absolute atomic E-state index is 0.00396. The quantitative estimate of drug-likeness (QED) is 0.932. The summed E-state index contributed by atoms with van der Waals surface area (Å²) in [4.78, 5) is 14.5. The van der Waals surface area contributed by atoms with E-state index in [0.717, 1.165) is 50.2 Å². The van der Waals surface area contributed by atoms with E-state index in [-0.39, 0.29) is 12.1 Å². The molecule has 2 aromatic heterocycles. The number of nitrogens with zero attached hydrogens (tertiary/aromatic N) is 3. The molecule has 1 fully saturated rings. The van der Waals surface area contributed by atoms with Crippen LogP contribution in [-0.2, 0) is 6.42 Å². The van der Waals surface area contributed by atoms with Crippen LogP contribution in [0.25, 0.3) is 0 Å². The second-order valence-corrected chi connectivity index (χ2v) is 6.22. The zero-order chi connectivity index (χ0) is 15.4. The summed E-state index contributed by atoms with van der Waals surface area (Å²) >= 11 is 1.32. The molecule has 1 saturated heterocycles. The predicted molar refractivity (Wildman–Crippen MR) is 84.9 cm³/mol. The lowest BCUT2D eigenvalue weighted by Gasteiger charge is -2.28. The number of urea groups is 1. The van der Waals surface area contributed by atoms with E-state index in [9.17, 15) is 4.79 Å². The standard InChI is InChI=1S/C15H20N4O2S/c1-2-11-7-8-13(21-11)12-6-4-3-5-9-19(12)15(20)17-14-18-16-10-22-14/h7-8,10,12H,2-6,9H2,1H3,(H,17,18,20). The lowest BCUT2D eigenvalue weighted by molar-refractivity contribution is 0.178. The maximum atomic E-state index is 12.6. The Hall–Kier alpha value is -1.89. The normalized spacial score (nSPS) is 19.0. The number of likely N-dealkylation sites (tertiary alicyclic amines) is 1. The molecular weight excluding hydrogens is 300 g/mol. The summed E-state index contributed by atoms with van der Waals surface area (Å²) in [7, 11) is 0. The highest BCUT2D eigenvalue weighted by molar-refractivity contribution is 7.13. The highest BCUT2D eigenvalue weighted by Gasteiger charge is 2.29. The van der Waals surface area contributed by atoms with Crippen LogP contribution in [0.3, 0.4) is 0 Å². The second-order valence-electron chi connectivity index (χ2n) is 5.39. The van der Waals surface area contributed by atoms with Crippen LogP contribution in [0, 0.1) is 0 Å². The van der Waals surface area contributed by atoms with E-state index >= 15 is 0 Å². The zero-order valence-corrected chi connectivity index (χ0v) is 13.4. The van der Waals surface area contributed by atoms with E-state index in [1.54, 1.807) is 5.51 Å². The fourth-order valence-corrected chi connectivity index (χ4v) is 3.24. The predicted octanol–water partition coefficient (Wildman–Crippen LogP) is 3.84. The zero-order valence-electron chi connectivity index (χ0n) is 12.6. The lowest BCUT2D eigenvalue weighted by Crippen LogP contribution is -2.37. The first-order chi connectivity index (χ1) is 10.8. The van der Waals surface area contributed by atoms with Crippen molar-refractivity contribution in [3.63, 3.8) is 0 Å². The Morgan fingerprint density at radius 1 is 1.45 bits per heavy atom. The Labute approximate surface area is 133 Å². The van der Waals surface area contributed by atoms with Gasteiger partial charge in [-0.15, -0.1) is 10.2 Å².